The highest BCUT2D eigenvalue weighted by molar-refractivity contribution is 9.10. The summed E-state index contributed by atoms with van der Waals surface area (Å²) in [6.07, 6.45) is -14.4. The van der Waals surface area contributed by atoms with Crippen LogP contribution in [0.1, 0.15) is 26.7 Å². The second kappa shape index (κ2) is 6.24. The minimum absolute atomic E-state index is 0.151. The summed E-state index contributed by atoms with van der Waals surface area (Å²) < 4.78 is 104. The molecule has 0 amide bonds. The third-order valence-corrected chi connectivity index (χ3v) is 5.45. The van der Waals surface area contributed by atoms with Crippen LogP contribution in [0.5, 0.6) is 0 Å². The second-order valence-corrected chi connectivity index (χ2v) is 7.03. The van der Waals surface area contributed by atoms with Crippen molar-refractivity contribution in [1.29, 1.82) is 0 Å². The molecular weight excluding hydrogens is 425 g/mol. The fourth-order valence-electron chi connectivity index (χ4n) is 2.40. The van der Waals surface area contributed by atoms with Gasteiger partial charge in [0.2, 0.25) is 0 Å². The molecule has 3 unspecified atom stereocenters. The van der Waals surface area contributed by atoms with Crippen molar-refractivity contribution in [3.05, 3.63) is 11.8 Å². The predicted molar refractivity (Wildman–Crippen MR) is 72.4 cm³/mol. The zero-order chi connectivity index (χ0) is 18.4. The first-order valence-electron chi connectivity index (χ1n) is 6.48. The van der Waals surface area contributed by atoms with Gasteiger partial charge in [-0.1, -0.05) is 42.3 Å². The molecule has 1 rings (SSSR count). The van der Waals surface area contributed by atoms with Crippen molar-refractivity contribution in [1.82, 2.24) is 4.42 Å². The Morgan fingerprint density at radius 3 is 1.96 bits per heavy atom. The Labute approximate surface area is 140 Å². The molecule has 1 nitrogen and oxygen atoms in total. The van der Waals surface area contributed by atoms with Crippen molar-refractivity contribution in [3.8, 4) is 0 Å². The summed E-state index contributed by atoms with van der Waals surface area (Å²) in [5, 5.41) is 0. The van der Waals surface area contributed by atoms with E-state index in [4.69, 9.17) is 11.8 Å². The van der Waals surface area contributed by atoms with Crippen molar-refractivity contribution < 1.29 is 35.1 Å². The Bertz CT molecular complexity index is 463. The Kier molecular flexibility index (Phi) is 5.64. The van der Waals surface area contributed by atoms with Crippen molar-refractivity contribution in [2.75, 3.05) is 0 Å². The van der Waals surface area contributed by atoms with E-state index in [1.165, 1.54) is 6.92 Å². The van der Waals surface area contributed by atoms with Crippen LogP contribution >= 0.6 is 27.7 Å². The second-order valence-electron chi connectivity index (χ2n) is 5.32. The van der Waals surface area contributed by atoms with Crippen LogP contribution < -0.4 is 0 Å². The standard InChI is InChI=1S/C12H13BrClF8N/c1-3-4-9(13)8(15)6(2)5-7(23(9)14)10(16,11(17,18)19)12(20,21)22/h5-6,8H,3-4H2,1-2H3. The van der Waals surface area contributed by atoms with Crippen molar-refractivity contribution >= 4 is 27.7 Å². The first kappa shape index (κ1) is 20.8. The number of hydrogen-bond donors (Lipinski definition) is 0. The van der Waals surface area contributed by atoms with Crippen molar-refractivity contribution in [2.24, 2.45) is 5.92 Å². The van der Waals surface area contributed by atoms with Crippen LogP contribution in [0.25, 0.3) is 0 Å². The normalized spacial score (nSPS) is 30.4. The number of nitrogens with zero attached hydrogens (tertiary/aromatic N) is 1. The summed E-state index contributed by atoms with van der Waals surface area (Å²) >= 11 is 8.33. The SMILES string of the molecule is CCCC1(Br)C(F)C(C)C=C(C(F)(C(F)(F)F)C(F)(F)F)N1Cl. The molecule has 0 spiro atoms. The minimum Gasteiger partial charge on any atom is -0.266 e. The fraction of sp³-hybridized carbons (Fsp3) is 0.833. The lowest BCUT2D eigenvalue weighted by Crippen LogP contribution is -2.62. The summed E-state index contributed by atoms with van der Waals surface area (Å²) in [6.45, 7) is 2.58. The van der Waals surface area contributed by atoms with Gasteiger partial charge in [-0.3, -0.25) is 4.42 Å². The summed E-state index contributed by atoms with van der Waals surface area (Å²) in [5.74, 6) is -1.41. The van der Waals surface area contributed by atoms with E-state index >= 15 is 0 Å². The Morgan fingerprint density at radius 1 is 1.17 bits per heavy atom. The van der Waals surface area contributed by atoms with E-state index in [-0.39, 0.29) is 23.3 Å². The molecule has 1 aliphatic heterocycles. The molecule has 0 N–H and O–H groups in total. The highest BCUT2D eigenvalue weighted by Gasteiger charge is 2.77. The zero-order valence-electron chi connectivity index (χ0n) is 11.9. The monoisotopic (exact) mass is 437 g/mol. The van der Waals surface area contributed by atoms with E-state index in [1.54, 1.807) is 0 Å². The van der Waals surface area contributed by atoms with Crippen LogP contribution in [0.15, 0.2) is 11.8 Å². The molecule has 136 valence electrons. The Balaban J connectivity index is 3.58. The van der Waals surface area contributed by atoms with Crippen LogP contribution in [0.2, 0.25) is 0 Å². The number of rotatable bonds is 3. The maximum absolute atomic E-state index is 14.3. The molecule has 1 heterocycles. The topological polar surface area (TPSA) is 3.24 Å². The largest absolute Gasteiger partial charge is 0.437 e. The molecule has 0 saturated carbocycles. The first-order chi connectivity index (χ1) is 10.1. The molecule has 0 aromatic carbocycles. The van der Waals surface area contributed by atoms with Gasteiger partial charge in [0, 0.05) is 17.7 Å². The van der Waals surface area contributed by atoms with Gasteiger partial charge >= 0.3 is 18.0 Å². The zero-order valence-corrected chi connectivity index (χ0v) is 14.2. The van der Waals surface area contributed by atoms with E-state index < -0.39 is 40.3 Å². The molecule has 23 heavy (non-hydrogen) atoms. The van der Waals surface area contributed by atoms with Gasteiger partial charge in [-0.15, -0.1) is 0 Å². The van der Waals surface area contributed by atoms with Crippen molar-refractivity contribution in [2.45, 2.75) is 55.3 Å². The molecule has 1 aliphatic rings. The van der Waals surface area contributed by atoms with E-state index in [9.17, 15) is 35.1 Å². The molecule has 11 heteroatoms. The lowest BCUT2D eigenvalue weighted by atomic mass is 9.86. The van der Waals surface area contributed by atoms with Gasteiger partial charge in [-0.25, -0.2) is 8.78 Å². The lowest BCUT2D eigenvalue weighted by Gasteiger charge is -2.48. The average molecular weight is 439 g/mol. The average Bonchev–Trinajstić information content (AvgIpc) is 2.38. The van der Waals surface area contributed by atoms with Gasteiger partial charge in [-0.2, -0.15) is 26.3 Å². The van der Waals surface area contributed by atoms with Gasteiger partial charge in [0.25, 0.3) is 0 Å². The van der Waals surface area contributed by atoms with E-state index in [0.29, 0.717) is 0 Å². The molecule has 0 aromatic rings. The predicted octanol–water partition coefficient (Wildman–Crippen LogP) is 6.04. The number of halogens is 10. The minimum atomic E-state index is -6.31. The highest BCUT2D eigenvalue weighted by atomic mass is 79.9. The first-order valence-corrected chi connectivity index (χ1v) is 7.61. The maximum atomic E-state index is 14.3. The summed E-state index contributed by atoms with van der Waals surface area (Å²) in [7, 11) is 0. The molecule has 0 fully saturated rings. The van der Waals surface area contributed by atoms with Crippen LogP contribution in [0, 0.1) is 5.92 Å². The van der Waals surface area contributed by atoms with E-state index in [2.05, 4.69) is 15.9 Å². The number of allylic oxidation sites excluding steroid dienone is 2. The quantitative estimate of drug-likeness (QED) is 0.225. The summed E-state index contributed by atoms with van der Waals surface area (Å²) in [6, 6.07) is 0. The Hall–Kier alpha value is -0.250. The van der Waals surface area contributed by atoms with E-state index in [1.807, 2.05) is 0 Å². The summed E-state index contributed by atoms with van der Waals surface area (Å²) in [5.41, 5.74) is -7.59. The van der Waals surface area contributed by atoms with Gasteiger partial charge in [0.05, 0.1) is 5.70 Å². The molecular formula is C12H13BrClF8N. The van der Waals surface area contributed by atoms with Gasteiger partial charge < -0.3 is 0 Å². The number of alkyl halides is 9. The van der Waals surface area contributed by atoms with Gasteiger partial charge in [0.15, 0.2) is 0 Å². The Morgan fingerprint density at radius 2 is 1.61 bits per heavy atom. The van der Waals surface area contributed by atoms with Crippen molar-refractivity contribution in [3.63, 3.8) is 0 Å². The van der Waals surface area contributed by atoms with Crippen LogP contribution in [-0.2, 0) is 0 Å². The van der Waals surface area contributed by atoms with Crippen LogP contribution in [0.3, 0.4) is 0 Å². The maximum Gasteiger partial charge on any atom is 0.437 e. The smallest absolute Gasteiger partial charge is 0.266 e. The lowest BCUT2D eigenvalue weighted by molar-refractivity contribution is -0.331. The van der Waals surface area contributed by atoms with E-state index in [0.717, 1.165) is 6.92 Å². The van der Waals surface area contributed by atoms with Crippen LogP contribution in [0.4, 0.5) is 35.1 Å². The fourth-order valence-corrected chi connectivity index (χ4v) is 3.75. The third-order valence-electron chi connectivity index (χ3n) is 3.58. The van der Waals surface area contributed by atoms with Gasteiger partial charge in [0.1, 0.15) is 10.6 Å². The number of hydrogen-bond acceptors (Lipinski definition) is 1. The molecule has 0 radical (unpaired) electrons. The molecule has 0 aromatic heterocycles. The molecule has 3 atom stereocenters. The molecule has 0 bridgehead atoms. The molecule has 0 saturated heterocycles. The van der Waals surface area contributed by atoms with Gasteiger partial charge in [-0.05, 0) is 6.42 Å². The third kappa shape index (κ3) is 3.17. The molecule has 0 aliphatic carbocycles. The summed E-state index contributed by atoms with van der Waals surface area (Å²) in [4.78, 5) is 0. The highest BCUT2D eigenvalue weighted by Crippen LogP contribution is 2.57. The van der Waals surface area contributed by atoms with Crippen LogP contribution in [-0.4, -0.2) is 33.1 Å².